The van der Waals surface area contributed by atoms with Crippen molar-refractivity contribution in [3.05, 3.63) is 0 Å². The van der Waals surface area contributed by atoms with Gasteiger partial charge in [0.05, 0.1) is 0 Å². The SMILES string of the molecule is CC(C)(F)C(F)(F)OC(C)(F)C(C)(F)F. The fourth-order valence-corrected chi connectivity index (χ4v) is 0.452. The number of halogens is 6. The van der Waals surface area contributed by atoms with Crippen molar-refractivity contribution in [2.45, 2.75) is 51.2 Å². The van der Waals surface area contributed by atoms with E-state index in [4.69, 9.17) is 0 Å². The van der Waals surface area contributed by atoms with Crippen LogP contribution < -0.4 is 0 Å². The largest absolute Gasteiger partial charge is 0.391 e. The summed E-state index contributed by atoms with van der Waals surface area (Å²) in [5.74, 6) is -8.11. The highest BCUT2D eigenvalue weighted by atomic mass is 19.3. The van der Waals surface area contributed by atoms with Crippen molar-refractivity contribution < 1.29 is 31.1 Å². The van der Waals surface area contributed by atoms with Gasteiger partial charge >= 0.3 is 12.0 Å². The summed E-state index contributed by atoms with van der Waals surface area (Å²) in [6.45, 7) is 0.981. The Bertz CT molecular complexity index is 200. The summed E-state index contributed by atoms with van der Waals surface area (Å²) < 4.78 is 79.5. The molecule has 0 aliphatic rings. The van der Waals surface area contributed by atoms with Crippen LogP contribution >= 0.6 is 0 Å². The van der Waals surface area contributed by atoms with Gasteiger partial charge in [0.25, 0.3) is 5.85 Å². The van der Waals surface area contributed by atoms with Crippen molar-refractivity contribution in [2.75, 3.05) is 0 Å². The maximum absolute atomic E-state index is 13.0. The molecule has 0 saturated heterocycles. The molecule has 0 spiro atoms. The maximum Gasteiger partial charge on any atom is 0.391 e. The minimum Gasteiger partial charge on any atom is -0.275 e. The number of ether oxygens (including phenoxy) is 1. The van der Waals surface area contributed by atoms with Crippen LogP contribution in [-0.2, 0) is 4.74 Å². The first-order valence-corrected chi connectivity index (χ1v) is 4.04. The van der Waals surface area contributed by atoms with E-state index in [0.717, 1.165) is 0 Å². The third-order valence-electron chi connectivity index (χ3n) is 1.80. The predicted molar refractivity (Wildman–Crippen MR) is 41.4 cm³/mol. The summed E-state index contributed by atoms with van der Waals surface area (Å²) in [7, 11) is 0. The second-order valence-corrected chi connectivity index (χ2v) is 3.90. The van der Waals surface area contributed by atoms with Crippen LogP contribution in [0.2, 0.25) is 0 Å². The van der Waals surface area contributed by atoms with E-state index >= 15 is 0 Å². The Morgan fingerprint density at radius 3 is 1.27 bits per heavy atom. The summed E-state index contributed by atoms with van der Waals surface area (Å²) in [4.78, 5) is 0. The first kappa shape index (κ1) is 14.5. The molecular formula is C8H12F6O. The molecule has 92 valence electrons. The van der Waals surface area contributed by atoms with Gasteiger partial charge in [-0.05, 0) is 13.8 Å². The van der Waals surface area contributed by atoms with E-state index in [0.29, 0.717) is 13.8 Å². The van der Waals surface area contributed by atoms with Crippen molar-refractivity contribution in [1.29, 1.82) is 0 Å². The summed E-state index contributed by atoms with van der Waals surface area (Å²) in [5, 5.41) is 0. The Labute approximate surface area is 83.4 Å². The van der Waals surface area contributed by atoms with Gasteiger partial charge in [-0.3, -0.25) is 4.74 Å². The molecule has 0 saturated carbocycles. The van der Waals surface area contributed by atoms with E-state index in [1.54, 1.807) is 0 Å². The van der Waals surface area contributed by atoms with Gasteiger partial charge in [0.15, 0.2) is 5.67 Å². The first-order valence-electron chi connectivity index (χ1n) is 4.04. The minimum absolute atomic E-state index is 0.0638. The normalized spacial score (nSPS) is 18.8. The number of hydrogen-bond acceptors (Lipinski definition) is 1. The first-order chi connectivity index (χ1) is 6.21. The lowest BCUT2D eigenvalue weighted by Gasteiger charge is -2.34. The molecule has 1 atom stereocenters. The highest BCUT2D eigenvalue weighted by Gasteiger charge is 2.59. The minimum atomic E-state index is -4.64. The molecule has 0 N–H and O–H groups in total. The molecule has 7 heteroatoms. The van der Waals surface area contributed by atoms with Gasteiger partial charge in [-0.1, -0.05) is 0 Å². The zero-order valence-corrected chi connectivity index (χ0v) is 8.68. The number of alkyl halides is 6. The Morgan fingerprint density at radius 1 is 0.733 bits per heavy atom. The zero-order chi connectivity index (χ0) is 12.7. The van der Waals surface area contributed by atoms with Crippen LogP contribution in [0, 0.1) is 0 Å². The molecule has 0 aliphatic carbocycles. The van der Waals surface area contributed by atoms with E-state index in [9.17, 15) is 26.3 Å². The van der Waals surface area contributed by atoms with Gasteiger partial charge in [0.1, 0.15) is 0 Å². The molecular weight excluding hydrogens is 226 g/mol. The lowest BCUT2D eigenvalue weighted by atomic mass is 10.1. The van der Waals surface area contributed by atoms with Gasteiger partial charge < -0.3 is 0 Å². The van der Waals surface area contributed by atoms with Crippen LogP contribution in [0.3, 0.4) is 0 Å². The van der Waals surface area contributed by atoms with Crippen LogP contribution in [0.15, 0.2) is 0 Å². The molecule has 0 fully saturated rings. The van der Waals surface area contributed by atoms with Crippen molar-refractivity contribution in [1.82, 2.24) is 0 Å². The molecule has 0 aromatic rings. The molecule has 0 aromatic carbocycles. The summed E-state index contributed by atoms with van der Waals surface area (Å²) in [6, 6.07) is 0. The van der Waals surface area contributed by atoms with Crippen LogP contribution in [0.4, 0.5) is 26.3 Å². The van der Waals surface area contributed by atoms with Crippen molar-refractivity contribution in [3.8, 4) is 0 Å². The van der Waals surface area contributed by atoms with E-state index in [2.05, 4.69) is 4.74 Å². The van der Waals surface area contributed by atoms with Crippen LogP contribution in [0.1, 0.15) is 27.7 Å². The second kappa shape index (κ2) is 3.54. The predicted octanol–water partition coefficient (Wildman–Crippen LogP) is 3.68. The molecule has 1 nitrogen and oxygen atoms in total. The fraction of sp³-hybridized carbons (Fsp3) is 1.00. The molecule has 0 aliphatic heterocycles. The van der Waals surface area contributed by atoms with Gasteiger partial charge in [-0.25, -0.2) is 17.6 Å². The third-order valence-corrected chi connectivity index (χ3v) is 1.80. The molecule has 0 heterocycles. The van der Waals surface area contributed by atoms with Gasteiger partial charge in [-0.2, -0.15) is 8.78 Å². The number of hydrogen-bond donors (Lipinski definition) is 0. The smallest absolute Gasteiger partial charge is 0.275 e. The van der Waals surface area contributed by atoms with Crippen molar-refractivity contribution in [3.63, 3.8) is 0 Å². The van der Waals surface area contributed by atoms with E-state index in [1.807, 2.05) is 0 Å². The standard InChI is InChI=1S/C8H12F6O/c1-5(2,9)8(13,14)15-7(4,12)6(3,10)11/h1-4H3. The average Bonchev–Trinajstić information content (AvgIpc) is 1.77. The molecule has 0 bridgehead atoms. The third kappa shape index (κ3) is 3.25. The average molecular weight is 238 g/mol. The summed E-state index contributed by atoms with van der Waals surface area (Å²) in [6.07, 6.45) is -4.64. The van der Waals surface area contributed by atoms with Crippen molar-refractivity contribution >= 4 is 0 Å². The van der Waals surface area contributed by atoms with Crippen molar-refractivity contribution in [2.24, 2.45) is 0 Å². The molecule has 15 heavy (non-hydrogen) atoms. The highest BCUT2D eigenvalue weighted by molar-refractivity contribution is 4.84. The molecule has 0 amide bonds. The van der Waals surface area contributed by atoms with E-state index in [1.165, 1.54) is 0 Å². The molecule has 1 unspecified atom stereocenters. The quantitative estimate of drug-likeness (QED) is 0.679. The lowest BCUT2D eigenvalue weighted by Crippen LogP contribution is -2.52. The highest BCUT2D eigenvalue weighted by Crippen LogP contribution is 2.42. The Balaban J connectivity index is 4.89. The molecule has 0 aromatic heterocycles. The van der Waals surface area contributed by atoms with Crippen LogP contribution in [0.5, 0.6) is 0 Å². The fourth-order valence-electron chi connectivity index (χ4n) is 0.452. The Kier molecular flexibility index (Phi) is 3.43. The topological polar surface area (TPSA) is 9.23 Å². The number of rotatable bonds is 4. The summed E-state index contributed by atoms with van der Waals surface area (Å²) >= 11 is 0. The molecule has 0 radical (unpaired) electrons. The van der Waals surface area contributed by atoms with Gasteiger partial charge in [0.2, 0.25) is 0 Å². The van der Waals surface area contributed by atoms with Gasteiger partial charge in [-0.15, -0.1) is 0 Å². The maximum atomic E-state index is 13.0. The van der Waals surface area contributed by atoms with Gasteiger partial charge in [0, 0.05) is 13.8 Å². The van der Waals surface area contributed by atoms with Crippen LogP contribution in [0.25, 0.3) is 0 Å². The lowest BCUT2D eigenvalue weighted by molar-refractivity contribution is -0.403. The Hall–Kier alpha value is -0.460. The van der Waals surface area contributed by atoms with Crippen LogP contribution in [-0.4, -0.2) is 23.6 Å². The Morgan fingerprint density at radius 2 is 1.07 bits per heavy atom. The van der Waals surface area contributed by atoms with E-state index in [-0.39, 0.29) is 13.8 Å². The monoisotopic (exact) mass is 238 g/mol. The second-order valence-electron chi connectivity index (χ2n) is 3.90. The zero-order valence-electron chi connectivity index (χ0n) is 8.68. The van der Waals surface area contributed by atoms with E-state index < -0.39 is 23.6 Å². The molecule has 0 rings (SSSR count). The summed E-state index contributed by atoms with van der Waals surface area (Å²) in [5.41, 5.74) is -3.26.